The Balaban J connectivity index is 2.52. The summed E-state index contributed by atoms with van der Waals surface area (Å²) in [4.78, 5) is 0. The van der Waals surface area contributed by atoms with Crippen molar-refractivity contribution in [1.29, 1.82) is 0 Å². The molecule has 1 N–H and O–H groups in total. The lowest BCUT2D eigenvalue weighted by atomic mass is 10.1. The Kier molecular flexibility index (Phi) is 7.43. The quantitative estimate of drug-likeness (QED) is 0.825. The second-order valence-electron chi connectivity index (χ2n) is 5.38. The number of aliphatic hydroxyl groups is 1. The average Bonchev–Trinajstić information content (AvgIpc) is 2.71. The van der Waals surface area contributed by atoms with Gasteiger partial charge in [-0.25, -0.2) is 0 Å². The molecule has 0 saturated carbocycles. The van der Waals surface area contributed by atoms with E-state index in [2.05, 4.69) is 23.7 Å². The summed E-state index contributed by atoms with van der Waals surface area (Å²) in [6.45, 7) is 0.00487. The fourth-order valence-electron chi connectivity index (χ4n) is 2.32. The van der Waals surface area contributed by atoms with Crippen molar-refractivity contribution < 1.29 is 24.1 Å². The molecule has 0 fully saturated rings. The van der Waals surface area contributed by atoms with Crippen LogP contribution in [0.2, 0.25) is 0 Å². The molecule has 0 amide bonds. The number of hydrogen-bond donors (Lipinski definition) is 1. The Hall–Kier alpha value is -3.28. The van der Waals surface area contributed by atoms with Crippen LogP contribution < -0.4 is 18.9 Å². The van der Waals surface area contributed by atoms with Crippen LogP contribution in [0.1, 0.15) is 23.1 Å². The molecule has 0 radical (unpaired) electrons. The first kappa shape index (κ1) is 20.0. The summed E-state index contributed by atoms with van der Waals surface area (Å²) in [6, 6.07) is 9.00. The van der Waals surface area contributed by atoms with Crippen molar-refractivity contribution in [2.75, 3.05) is 35.0 Å². The lowest BCUT2D eigenvalue weighted by Gasteiger charge is -2.09. The minimum Gasteiger partial charge on any atom is -0.497 e. The lowest BCUT2D eigenvalue weighted by Crippen LogP contribution is -1.94. The van der Waals surface area contributed by atoms with Crippen molar-refractivity contribution in [3.8, 4) is 46.7 Å². The summed E-state index contributed by atoms with van der Waals surface area (Å²) in [5, 5.41) is 8.95. The predicted molar refractivity (Wildman–Crippen MR) is 104 cm³/mol. The minimum atomic E-state index is 0.00487. The van der Waals surface area contributed by atoms with E-state index in [4.69, 9.17) is 24.1 Å². The van der Waals surface area contributed by atoms with Crippen LogP contribution >= 0.6 is 0 Å². The topological polar surface area (TPSA) is 57.2 Å². The molecule has 27 heavy (non-hydrogen) atoms. The highest BCUT2D eigenvalue weighted by molar-refractivity contribution is 5.60. The van der Waals surface area contributed by atoms with Gasteiger partial charge in [-0.2, -0.15) is 0 Å². The van der Waals surface area contributed by atoms with Gasteiger partial charge in [0.2, 0.25) is 0 Å². The van der Waals surface area contributed by atoms with Gasteiger partial charge in [0.15, 0.2) is 11.5 Å². The molecule has 5 nitrogen and oxygen atoms in total. The van der Waals surface area contributed by atoms with Crippen molar-refractivity contribution in [1.82, 2.24) is 0 Å². The highest BCUT2D eigenvalue weighted by Gasteiger charge is 2.09. The first-order chi connectivity index (χ1) is 13.1. The molecule has 0 spiro atoms. The molecule has 0 unspecified atom stereocenters. The van der Waals surface area contributed by atoms with E-state index in [1.807, 2.05) is 12.1 Å². The van der Waals surface area contributed by atoms with E-state index in [0.29, 0.717) is 40.5 Å². The zero-order valence-electron chi connectivity index (χ0n) is 15.9. The first-order valence-corrected chi connectivity index (χ1v) is 8.26. The second kappa shape index (κ2) is 10.0. The number of methoxy groups -OCH3 is 4. The van der Waals surface area contributed by atoms with Crippen LogP contribution in [0.4, 0.5) is 0 Å². The van der Waals surface area contributed by atoms with Crippen LogP contribution in [-0.2, 0) is 0 Å². The number of hydrogen-bond acceptors (Lipinski definition) is 5. The predicted octanol–water partition coefficient (Wildman–Crippen LogP) is 2.85. The zero-order valence-corrected chi connectivity index (χ0v) is 15.9. The lowest BCUT2D eigenvalue weighted by molar-refractivity contribution is 0.305. The van der Waals surface area contributed by atoms with E-state index >= 15 is 0 Å². The number of aliphatic hydroxyl groups excluding tert-OH is 1. The van der Waals surface area contributed by atoms with Crippen LogP contribution in [-0.4, -0.2) is 40.2 Å². The fraction of sp³-hybridized carbons (Fsp3) is 0.273. The van der Waals surface area contributed by atoms with Gasteiger partial charge in [0.05, 0.1) is 35.0 Å². The third-order valence-corrected chi connectivity index (χ3v) is 3.68. The highest BCUT2D eigenvalue weighted by Crippen LogP contribution is 2.30. The van der Waals surface area contributed by atoms with E-state index in [-0.39, 0.29) is 6.61 Å². The largest absolute Gasteiger partial charge is 0.497 e. The van der Waals surface area contributed by atoms with Crippen LogP contribution in [0, 0.1) is 23.7 Å². The van der Waals surface area contributed by atoms with Crippen LogP contribution in [0.25, 0.3) is 0 Å². The Morgan fingerprint density at radius 3 is 1.74 bits per heavy atom. The summed E-state index contributed by atoms with van der Waals surface area (Å²) in [5.41, 5.74) is 2.14. The molecule has 0 aromatic heterocycles. The Morgan fingerprint density at radius 2 is 1.26 bits per heavy atom. The maximum atomic E-state index is 8.95. The summed E-state index contributed by atoms with van der Waals surface area (Å²) >= 11 is 0. The molecule has 2 aromatic rings. The minimum absolute atomic E-state index is 0.00487. The van der Waals surface area contributed by atoms with E-state index < -0.39 is 0 Å². The van der Waals surface area contributed by atoms with E-state index in [0.717, 1.165) is 5.56 Å². The Bertz CT molecular complexity index is 888. The van der Waals surface area contributed by atoms with Crippen LogP contribution in [0.5, 0.6) is 23.0 Å². The molecular formula is C22H22O5. The van der Waals surface area contributed by atoms with Crippen molar-refractivity contribution >= 4 is 0 Å². The van der Waals surface area contributed by atoms with Crippen molar-refractivity contribution in [3.05, 3.63) is 47.0 Å². The molecule has 0 saturated heterocycles. The molecule has 0 heterocycles. The molecule has 0 bridgehead atoms. The van der Waals surface area contributed by atoms with E-state index in [1.165, 1.54) is 0 Å². The SMILES string of the molecule is COc1cc(C#Cc2cc(OC)c(OC)cc2C#CCCO)cc(OC)c1. The molecule has 0 aliphatic carbocycles. The van der Waals surface area contributed by atoms with Crippen molar-refractivity contribution in [3.63, 3.8) is 0 Å². The Labute approximate surface area is 159 Å². The zero-order chi connectivity index (χ0) is 19.6. The maximum Gasteiger partial charge on any atom is 0.162 e. The van der Waals surface area contributed by atoms with E-state index in [1.54, 1.807) is 46.6 Å². The molecule has 5 heteroatoms. The number of benzene rings is 2. The standard InChI is InChI=1S/C22H22O5/c1-24-19-11-16(12-20(15-19)25-2)8-9-18-14-22(27-4)21(26-3)13-17(18)7-5-6-10-23/h11-15,23H,6,10H2,1-4H3. The van der Waals surface area contributed by atoms with Gasteiger partial charge in [-0.1, -0.05) is 23.7 Å². The van der Waals surface area contributed by atoms with E-state index in [9.17, 15) is 0 Å². The molecule has 140 valence electrons. The molecule has 0 aliphatic rings. The molecule has 2 rings (SSSR count). The highest BCUT2D eigenvalue weighted by atomic mass is 16.5. The maximum absolute atomic E-state index is 8.95. The van der Waals surface area contributed by atoms with Gasteiger partial charge in [-0.3, -0.25) is 0 Å². The Morgan fingerprint density at radius 1 is 0.704 bits per heavy atom. The third kappa shape index (κ3) is 5.34. The van der Waals surface area contributed by atoms with Crippen molar-refractivity contribution in [2.45, 2.75) is 6.42 Å². The van der Waals surface area contributed by atoms with Crippen LogP contribution in [0.15, 0.2) is 30.3 Å². The summed E-state index contributed by atoms with van der Waals surface area (Å²) in [5.74, 6) is 14.6. The van der Waals surface area contributed by atoms with Gasteiger partial charge < -0.3 is 24.1 Å². The van der Waals surface area contributed by atoms with Gasteiger partial charge in [-0.05, 0) is 12.1 Å². The monoisotopic (exact) mass is 366 g/mol. The first-order valence-electron chi connectivity index (χ1n) is 8.26. The third-order valence-electron chi connectivity index (χ3n) is 3.68. The molecule has 0 atom stereocenters. The second-order valence-corrected chi connectivity index (χ2v) is 5.38. The smallest absolute Gasteiger partial charge is 0.162 e. The number of rotatable bonds is 5. The van der Waals surface area contributed by atoms with Gasteiger partial charge in [-0.15, -0.1) is 0 Å². The van der Waals surface area contributed by atoms with Crippen LogP contribution in [0.3, 0.4) is 0 Å². The van der Waals surface area contributed by atoms with Gasteiger partial charge in [0.25, 0.3) is 0 Å². The molecule has 0 aliphatic heterocycles. The summed E-state index contributed by atoms with van der Waals surface area (Å²) in [6.07, 6.45) is 0.383. The molecular weight excluding hydrogens is 344 g/mol. The van der Waals surface area contributed by atoms with Gasteiger partial charge in [0.1, 0.15) is 11.5 Å². The molecule has 2 aromatic carbocycles. The van der Waals surface area contributed by atoms with Gasteiger partial charge in [0, 0.05) is 41.3 Å². The summed E-state index contributed by atoms with van der Waals surface area (Å²) in [7, 11) is 6.32. The normalized spacial score (nSPS) is 9.37. The number of ether oxygens (including phenoxy) is 4. The average molecular weight is 366 g/mol. The fourth-order valence-corrected chi connectivity index (χ4v) is 2.32. The van der Waals surface area contributed by atoms with Gasteiger partial charge >= 0.3 is 0 Å². The van der Waals surface area contributed by atoms with Crippen molar-refractivity contribution in [2.24, 2.45) is 0 Å². The summed E-state index contributed by atoms with van der Waals surface area (Å²) < 4.78 is 21.2.